The molecule has 138 valence electrons. The SMILES string of the molecule is COc1ccc(CN2CCN(C(=O)c3ccc(C(C)=O)s3)CC2)cc1F. The second kappa shape index (κ2) is 7.97. The van der Waals surface area contributed by atoms with Crippen LogP contribution < -0.4 is 4.74 Å². The molecule has 0 aliphatic carbocycles. The maximum Gasteiger partial charge on any atom is 0.264 e. The second-order valence-corrected chi connectivity index (χ2v) is 7.34. The van der Waals surface area contributed by atoms with Crippen molar-refractivity contribution in [1.29, 1.82) is 0 Å². The molecule has 0 bridgehead atoms. The van der Waals surface area contributed by atoms with Crippen LogP contribution in [0.15, 0.2) is 30.3 Å². The van der Waals surface area contributed by atoms with Gasteiger partial charge in [0.15, 0.2) is 17.3 Å². The fraction of sp³-hybridized carbons (Fsp3) is 0.368. The lowest BCUT2D eigenvalue weighted by atomic mass is 10.1. The van der Waals surface area contributed by atoms with E-state index >= 15 is 0 Å². The van der Waals surface area contributed by atoms with Crippen molar-refractivity contribution in [3.05, 3.63) is 51.5 Å². The van der Waals surface area contributed by atoms with Crippen molar-refractivity contribution in [1.82, 2.24) is 9.80 Å². The number of nitrogens with zero attached hydrogens (tertiary/aromatic N) is 2. The number of methoxy groups -OCH3 is 1. The van der Waals surface area contributed by atoms with Gasteiger partial charge in [0.2, 0.25) is 0 Å². The number of halogens is 1. The van der Waals surface area contributed by atoms with Crippen molar-refractivity contribution in [3.63, 3.8) is 0 Å². The van der Waals surface area contributed by atoms with Crippen LogP contribution in [-0.4, -0.2) is 54.8 Å². The number of ketones is 1. The summed E-state index contributed by atoms with van der Waals surface area (Å²) in [6.07, 6.45) is 0. The van der Waals surface area contributed by atoms with Crippen LogP contribution in [0.3, 0.4) is 0 Å². The topological polar surface area (TPSA) is 49.9 Å². The molecule has 26 heavy (non-hydrogen) atoms. The summed E-state index contributed by atoms with van der Waals surface area (Å²) in [5.41, 5.74) is 0.882. The van der Waals surface area contributed by atoms with Crippen LogP contribution >= 0.6 is 11.3 Å². The minimum absolute atomic E-state index is 0.0226. The van der Waals surface area contributed by atoms with E-state index in [4.69, 9.17) is 4.74 Å². The molecule has 0 atom stereocenters. The number of hydrogen-bond donors (Lipinski definition) is 0. The molecule has 7 heteroatoms. The summed E-state index contributed by atoms with van der Waals surface area (Å²) in [7, 11) is 1.45. The van der Waals surface area contributed by atoms with Gasteiger partial charge in [-0.1, -0.05) is 6.07 Å². The normalized spacial score (nSPS) is 15.1. The van der Waals surface area contributed by atoms with Gasteiger partial charge >= 0.3 is 0 Å². The molecule has 0 unspecified atom stereocenters. The smallest absolute Gasteiger partial charge is 0.264 e. The predicted octanol–water partition coefficient (Wildman–Crippen LogP) is 3.06. The Kier molecular flexibility index (Phi) is 5.68. The second-order valence-electron chi connectivity index (χ2n) is 6.26. The summed E-state index contributed by atoms with van der Waals surface area (Å²) in [6.45, 7) is 4.82. The van der Waals surface area contributed by atoms with E-state index in [-0.39, 0.29) is 23.3 Å². The first kappa shape index (κ1) is 18.5. The Morgan fingerprint density at radius 1 is 1.12 bits per heavy atom. The number of carbonyl (C=O) groups excluding carboxylic acids is 2. The molecule has 0 radical (unpaired) electrons. The first-order valence-electron chi connectivity index (χ1n) is 8.42. The van der Waals surface area contributed by atoms with Crippen LogP contribution in [0.5, 0.6) is 5.75 Å². The Morgan fingerprint density at radius 3 is 2.38 bits per heavy atom. The highest BCUT2D eigenvalue weighted by Crippen LogP contribution is 2.21. The van der Waals surface area contributed by atoms with Crippen LogP contribution in [0.25, 0.3) is 0 Å². The third-order valence-electron chi connectivity index (χ3n) is 4.45. The molecule has 2 heterocycles. The lowest BCUT2D eigenvalue weighted by Gasteiger charge is -2.34. The summed E-state index contributed by atoms with van der Waals surface area (Å²) in [5.74, 6) is -0.175. The zero-order valence-electron chi connectivity index (χ0n) is 14.8. The maximum absolute atomic E-state index is 13.8. The van der Waals surface area contributed by atoms with Crippen molar-refractivity contribution in [3.8, 4) is 5.75 Å². The Labute approximate surface area is 156 Å². The Hall–Kier alpha value is -2.25. The third-order valence-corrected chi connectivity index (χ3v) is 5.62. The molecule has 1 aliphatic rings. The average molecular weight is 376 g/mol. The number of benzene rings is 1. The van der Waals surface area contributed by atoms with Crippen molar-refractivity contribution in [2.24, 2.45) is 0 Å². The predicted molar refractivity (Wildman–Crippen MR) is 98.5 cm³/mol. The van der Waals surface area contributed by atoms with Crippen molar-refractivity contribution in [2.75, 3.05) is 33.3 Å². The lowest BCUT2D eigenvalue weighted by molar-refractivity contribution is 0.0633. The molecule has 1 aromatic heterocycles. The Balaban J connectivity index is 1.56. The number of hydrogen-bond acceptors (Lipinski definition) is 5. The Bertz CT molecular complexity index is 813. The first-order chi connectivity index (χ1) is 12.5. The summed E-state index contributed by atoms with van der Waals surface area (Å²) >= 11 is 1.24. The van der Waals surface area contributed by atoms with Crippen LogP contribution in [0.4, 0.5) is 4.39 Å². The number of carbonyl (C=O) groups is 2. The highest BCUT2D eigenvalue weighted by molar-refractivity contribution is 7.15. The van der Waals surface area contributed by atoms with Gasteiger partial charge in [-0.3, -0.25) is 14.5 Å². The number of Topliss-reactive ketones (excluding diaryl/α,β-unsaturated/α-hetero) is 1. The monoisotopic (exact) mass is 376 g/mol. The van der Waals surface area contributed by atoms with Crippen molar-refractivity contribution in [2.45, 2.75) is 13.5 Å². The molecule has 0 saturated carbocycles. The number of rotatable bonds is 5. The summed E-state index contributed by atoms with van der Waals surface area (Å²) < 4.78 is 18.7. The Morgan fingerprint density at radius 2 is 1.81 bits per heavy atom. The maximum atomic E-state index is 13.8. The molecular weight excluding hydrogens is 355 g/mol. The lowest BCUT2D eigenvalue weighted by Crippen LogP contribution is -2.48. The van der Waals surface area contributed by atoms with Gasteiger partial charge in [-0.05, 0) is 36.8 Å². The van der Waals surface area contributed by atoms with E-state index in [1.165, 1.54) is 31.4 Å². The minimum atomic E-state index is -0.363. The summed E-state index contributed by atoms with van der Waals surface area (Å²) in [6, 6.07) is 8.40. The number of ether oxygens (including phenoxy) is 1. The van der Waals surface area contributed by atoms with Gasteiger partial charge in [0.25, 0.3) is 5.91 Å². The van der Waals surface area contributed by atoms with Gasteiger partial charge < -0.3 is 9.64 Å². The van der Waals surface area contributed by atoms with Gasteiger partial charge in [0, 0.05) is 32.7 Å². The van der Waals surface area contributed by atoms with E-state index in [9.17, 15) is 14.0 Å². The third kappa shape index (κ3) is 4.11. The van der Waals surface area contributed by atoms with Crippen molar-refractivity contribution < 1.29 is 18.7 Å². The van der Waals surface area contributed by atoms with Crippen molar-refractivity contribution >= 4 is 23.0 Å². The van der Waals surface area contributed by atoms with E-state index in [1.54, 1.807) is 23.1 Å². The molecule has 1 aromatic carbocycles. The molecular formula is C19H21FN2O3S. The number of piperazine rings is 1. The molecule has 1 amide bonds. The molecule has 2 aromatic rings. The fourth-order valence-electron chi connectivity index (χ4n) is 2.97. The summed E-state index contributed by atoms with van der Waals surface area (Å²) in [4.78, 5) is 29.1. The van der Waals surface area contributed by atoms with Crippen LogP contribution in [-0.2, 0) is 6.54 Å². The molecule has 0 spiro atoms. The molecule has 1 saturated heterocycles. The van der Waals surface area contributed by atoms with Crippen LogP contribution in [0, 0.1) is 5.82 Å². The van der Waals surface area contributed by atoms with Gasteiger partial charge in [0.05, 0.1) is 16.9 Å². The first-order valence-corrected chi connectivity index (χ1v) is 9.24. The number of thiophene rings is 1. The van der Waals surface area contributed by atoms with Gasteiger partial charge in [0.1, 0.15) is 0 Å². The van der Waals surface area contributed by atoms with Gasteiger partial charge in [-0.25, -0.2) is 4.39 Å². The zero-order chi connectivity index (χ0) is 18.7. The van der Waals surface area contributed by atoms with Crippen LogP contribution in [0.2, 0.25) is 0 Å². The largest absolute Gasteiger partial charge is 0.494 e. The minimum Gasteiger partial charge on any atom is -0.494 e. The average Bonchev–Trinajstić information content (AvgIpc) is 3.12. The summed E-state index contributed by atoms with van der Waals surface area (Å²) in [5, 5.41) is 0. The molecule has 3 rings (SSSR count). The highest BCUT2D eigenvalue weighted by atomic mass is 32.1. The standard InChI is InChI=1S/C19H21FN2O3S/c1-13(23)17-5-6-18(26-17)19(24)22-9-7-21(8-10-22)12-14-3-4-16(25-2)15(20)11-14/h3-6,11H,7-10,12H2,1-2H3. The van der Waals surface area contributed by atoms with E-state index < -0.39 is 0 Å². The van der Waals surface area contributed by atoms with E-state index in [0.717, 1.165) is 18.7 Å². The fourth-order valence-corrected chi connectivity index (χ4v) is 3.84. The molecule has 1 fully saturated rings. The van der Waals surface area contributed by atoms with E-state index in [2.05, 4.69) is 4.90 Å². The zero-order valence-corrected chi connectivity index (χ0v) is 15.6. The van der Waals surface area contributed by atoms with E-state index in [1.807, 2.05) is 6.07 Å². The van der Waals surface area contributed by atoms with Gasteiger partial charge in [-0.2, -0.15) is 0 Å². The number of amides is 1. The van der Waals surface area contributed by atoms with E-state index in [0.29, 0.717) is 29.4 Å². The van der Waals surface area contributed by atoms with Gasteiger partial charge in [-0.15, -0.1) is 11.3 Å². The molecule has 0 N–H and O–H groups in total. The molecule has 1 aliphatic heterocycles. The molecule has 5 nitrogen and oxygen atoms in total. The highest BCUT2D eigenvalue weighted by Gasteiger charge is 2.23. The van der Waals surface area contributed by atoms with Crippen LogP contribution in [0.1, 0.15) is 31.8 Å². The quantitative estimate of drug-likeness (QED) is 0.753.